The van der Waals surface area contributed by atoms with Crippen molar-refractivity contribution in [1.29, 1.82) is 0 Å². The normalized spacial score (nSPS) is 23.3. The average Bonchev–Trinajstić information content (AvgIpc) is 3.27. The highest BCUT2D eigenvalue weighted by Crippen LogP contribution is 2.48. The summed E-state index contributed by atoms with van der Waals surface area (Å²) >= 11 is 3.17. The van der Waals surface area contributed by atoms with Gasteiger partial charge in [0.25, 0.3) is 0 Å². The van der Waals surface area contributed by atoms with Crippen molar-refractivity contribution in [3.63, 3.8) is 0 Å². The summed E-state index contributed by atoms with van der Waals surface area (Å²) in [5.41, 5.74) is 1.55. The molecule has 0 aliphatic heterocycles. The van der Waals surface area contributed by atoms with Gasteiger partial charge in [-0.05, 0) is 30.1 Å². The molecule has 0 saturated heterocycles. The zero-order valence-electron chi connectivity index (χ0n) is 12.4. The van der Waals surface area contributed by atoms with Crippen molar-refractivity contribution in [3.8, 4) is 0 Å². The smallest absolute Gasteiger partial charge is 0.225 e. The van der Waals surface area contributed by atoms with Crippen LogP contribution in [0.15, 0.2) is 40.8 Å². The molecule has 114 valence electrons. The van der Waals surface area contributed by atoms with E-state index in [-0.39, 0.29) is 5.91 Å². The highest BCUT2D eigenvalue weighted by Gasteiger charge is 2.38. The molecule has 1 N–H and O–H groups in total. The minimum Gasteiger partial charge on any atom is -0.305 e. The standard InChI is InChI=1S/C16H22N2OS2/c1-3-15(19)18-16(17-11-20-4-2)21-9-8-12-6-5-7-13-10-14(12)13/h4-7,13-14H,2-3,8-11H2,1H3,(H,17,18,19). The molecule has 0 aromatic carbocycles. The van der Waals surface area contributed by atoms with Gasteiger partial charge in [0.15, 0.2) is 5.17 Å². The first kappa shape index (κ1) is 16.4. The van der Waals surface area contributed by atoms with Crippen LogP contribution in [0.2, 0.25) is 0 Å². The van der Waals surface area contributed by atoms with Crippen LogP contribution in [-0.2, 0) is 4.79 Å². The third-order valence-electron chi connectivity index (χ3n) is 3.58. The van der Waals surface area contributed by atoms with E-state index >= 15 is 0 Å². The Morgan fingerprint density at radius 2 is 2.48 bits per heavy atom. The van der Waals surface area contributed by atoms with Gasteiger partial charge in [0.1, 0.15) is 0 Å². The maximum atomic E-state index is 11.5. The van der Waals surface area contributed by atoms with Gasteiger partial charge >= 0.3 is 0 Å². The maximum absolute atomic E-state index is 11.5. The van der Waals surface area contributed by atoms with Crippen LogP contribution < -0.4 is 5.32 Å². The Bertz CT molecular complexity index is 483. The molecular weight excluding hydrogens is 300 g/mol. The van der Waals surface area contributed by atoms with Crippen LogP contribution in [0, 0.1) is 11.8 Å². The summed E-state index contributed by atoms with van der Waals surface area (Å²) in [5.74, 6) is 3.17. The van der Waals surface area contributed by atoms with E-state index in [0.717, 1.165) is 29.2 Å². The fourth-order valence-electron chi connectivity index (χ4n) is 2.31. The number of hydrogen-bond acceptors (Lipinski definition) is 4. The molecule has 1 fully saturated rings. The summed E-state index contributed by atoms with van der Waals surface area (Å²) < 4.78 is 0. The largest absolute Gasteiger partial charge is 0.305 e. The lowest BCUT2D eigenvalue weighted by Gasteiger charge is -2.10. The number of thioether (sulfide) groups is 2. The lowest BCUT2D eigenvalue weighted by molar-refractivity contribution is -0.119. The van der Waals surface area contributed by atoms with E-state index in [1.54, 1.807) is 22.7 Å². The lowest BCUT2D eigenvalue weighted by Crippen LogP contribution is -2.28. The molecule has 0 radical (unpaired) electrons. The van der Waals surface area contributed by atoms with Gasteiger partial charge in [-0.3, -0.25) is 9.79 Å². The van der Waals surface area contributed by atoms with Crippen molar-refractivity contribution in [2.75, 3.05) is 11.6 Å². The van der Waals surface area contributed by atoms with Crippen molar-refractivity contribution in [1.82, 2.24) is 5.32 Å². The van der Waals surface area contributed by atoms with Gasteiger partial charge in [-0.15, -0.1) is 11.8 Å². The summed E-state index contributed by atoms with van der Waals surface area (Å²) in [5, 5.41) is 5.37. The first-order chi connectivity index (χ1) is 10.2. The molecule has 0 heterocycles. The van der Waals surface area contributed by atoms with E-state index < -0.39 is 0 Å². The number of rotatable bonds is 7. The number of allylic oxidation sites excluding steroid dienone is 4. The molecule has 2 unspecified atom stereocenters. The lowest BCUT2D eigenvalue weighted by atomic mass is 10.0. The molecule has 2 aliphatic carbocycles. The molecule has 21 heavy (non-hydrogen) atoms. The number of nitrogens with zero attached hydrogens (tertiary/aromatic N) is 1. The van der Waals surface area contributed by atoms with Crippen molar-refractivity contribution in [3.05, 3.63) is 35.8 Å². The number of nitrogens with one attached hydrogen (secondary N) is 1. The Balaban J connectivity index is 1.78. The van der Waals surface area contributed by atoms with E-state index in [1.807, 2.05) is 6.92 Å². The summed E-state index contributed by atoms with van der Waals surface area (Å²) in [6.07, 6.45) is 9.62. The molecule has 0 spiro atoms. The summed E-state index contributed by atoms with van der Waals surface area (Å²) in [6.45, 7) is 5.51. The van der Waals surface area contributed by atoms with Gasteiger partial charge in [-0.2, -0.15) is 0 Å². The van der Waals surface area contributed by atoms with Crippen LogP contribution in [0.5, 0.6) is 0 Å². The van der Waals surface area contributed by atoms with Crippen molar-refractivity contribution in [2.24, 2.45) is 16.8 Å². The molecule has 2 atom stereocenters. The minimum absolute atomic E-state index is 0.0203. The Morgan fingerprint density at radius 3 is 3.24 bits per heavy atom. The Hall–Kier alpha value is -0.940. The van der Waals surface area contributed by atoms with Crippen LogP contribution in [0.25, 0.3) is 0 Å². The number of fused-ring (bicyclic) bond motifs is 1. The van der Waals surface area contributed by atoms with Gasteiger partial charge in [-0.1, -0.05) is 49.1 Å². The van der Waals surface area contributed by atoms with Crippen molar-refractivity contribution in [2.45, 2.75) is 26.2 Å². The topological polar surface area (TPSA) is 41.5 Å². The van der Waals surface area contributed by atoms with E-state index in [9.17, 15) is 4.79 Å². The second-order valence-electron chi connectivity index (χ2n) is 5.06. The van der Waals surface area contributed by atoms with Gasteiger partial charge in [0, 0.05) is 12.2 Å². The molecule has 0 aromatic rings. The number of aliphatic imine (C=N–C) groups is 1. The molecule has 0 bridgehead atoms. The highest BCUT2D eigenvalue weighted by molar-refractivity contribution is 8.13. The van der Waals surface area contributed by atoms with Crippen LogP contribution in [0.4, 0.5) is 0 Å². The number of carbonyl (C=O) groups is 1. The second kappa shape index (κ2) is 8.49. The molecule has 1 amide bonds. The van der Waals surface area contributed by atoms with Crippen LogP contribution in [-0.4, -0.2) is 22.7 Å². The van der Waals surface area contributed by atoms with Gasteiger partial charge < -0.3 is 5.32 Å². The van der Waals surface area contributed by atoms with Crippen molar-refractivity contribution < 1.29 is 4.79 Å². The fourth-order valence-corrected chi connectivity index (χ4v) is 3.57. The molecule has 3 nitrogen and oxygen atoms in total. The van der Waals surface area contributed by atoms with E-state index in [0.29, 0.717) is 12.3 Å². The maximum Gasteiger partial charge on any atom is 0.225 e. The number of amidine groups is 1. The Labute approximate surface area is 135 Å². The second-order valence-corrected chi connectivity index (χ2v) is 7.07. The zero-order chi connectivity index (χ0) is 15.1. The molecule has 0 aromatic heterocycles. The molecule has 5 heteroatoms. The van der Waals surface area contributed by atoms with Gasteiger partial charge in [0.2, 0.25) is 5.91 Å². The zero-order valence-corrected chi connectivity index (χ0v) is 14.0. The monoisotopic (exact) mass is 322 g/mol. The summed E-state index contributed by atoms with van der Waals surface area (Å²) in [6, 6.07) is 0. The molecule has 1 saturated carbocycles. The van der Waals surface area contributed by atoms with Crippen LogP contribution in [0.3, 0.4) is 0 Å². The summed E-state index contributed by atoms with van der Waals surface area (Å²) in [4.78, 5) is 15.9. The number of carbonyl (C=O) groups excluding carboxylic acids is 1. The average molecular weight is 322 g/mol. The van der Waals surface area contributed by atoms with Gasteiger partial charge in [0.05, 0.1) is 5.88 Å². The quantitative estimate of drug-likeness (QED) is 0.438. The first-order valence-corrected chi connectivity index (χ1v) is 9.35. The van der Waals surface area contributed by atoms with E-state index in [1.165, 1.54) is 18.2 Å². The number of hydrogen-bond donors (Lipinski definition) is 1. The Kier molecular flexibility index (Phi) is 6.64. The third kappa shape index (κ3) is 5.40. The Morgan fingerprint density at radius 1 is 1.62 bits per heavy atom. The number of amides is 1. The third-order valence-corrected chi connectivity index (χ3v) is 5.01. The predicted molar refractivity (Wildman–Crippen MR) is 94.4 cm³/mol. The molecule has 2 rings (SSSR count). The van der Waals surface area contributed by atoms with E-state index in [4.69, 9.17) is 0 Å². The van der Waals surface area contributed by atoms with Gasteiger partial charge in [-0.25, -0.2) is 0 Å². The molecule has 2 aliphatic rings. The minimum atomic E-state index is 0.0203. The van der Waals surface area contributed by atoms with E-state index in [2.05, 4.69) is 35.1 Å². The predicted octanol–water partition coefficient (Wildman–Crippen LogP) is 3.96. The van der Waals surface area contributed by atoms with Crippen molar-refractivity contribution >= 4 is 34.6 Å². The first-order valence-electron chi connectivity index (χ1n) is 7.31. The van der Waals surface area contributed by atoms with Crippen LogP contribution in [0.1, 0.15) is 26.2 Å². The SMILES string of the molecule is C=CSC/N=C(\NC(=O)CC)SCCC1=CC=CC2CC12. The summed E-state index contributed by atoms with van der Waals surface area (Å²) in [7, 11) is 0. The molecular formula is C16H22N2OS2. The van der Waals surface area contributed by atoms with Crippen LogP contribution >= 0.6 is 23.5 Å². The fraction of sp³-hybridized carbons (Fsp3) is 0.500. The highest BCUT2D eigenvalue weighted by atomic mass is 32.2.